The maximum atomic E-state index is 6.96. The van der Waals surface area contributed by atoms with Crippen LogP contribution in [0.5, 0.6) is 0 Å². The molecule has 0 fully saturated rings. The zero-order valence-electron chi connectivity index (χ0n) is 17.7. The Morgan fingerprint density at radius 3 is 0.848 bits per heavy atom. The molecule has 0 nitrogen and oxygen atoms in total. The van der Waals surface area contributed by atoms with Crippen LogP contribution in [0.15, 0.2) is 109 Å². The van der Waals surface area contributed by atoms with Gasteiger partial charge in [0.2, 0.25) is 0 Å². The average molecular weight is 598 g/mol. The van der Waals surface area contributed by atoms with Gasteiger partial charge < -0.3 is 12.8 Å². The van der Waals surface area contributed by atoms with Crippen molar-refractivity contribution in [3.8, 4) is 35.5 Å². The Morgan fingerprint density at radius 2 is 0.576 bits per heavy atom. The monoisotopic (exact) mass is 597 g/mol. The SMILES string of the molecule is [C-]#Cc1ccc(C#Cc2ccccc2)cc1.[C-]#Cc1ccc(C#Cc2ccccc2)cc1.[Pt+2]. The Balaban J connectivity index is 0.000000227. The van der Waals surface area contributed by atoms with Crippen LogP contribution in [0.1, 0.15) is 33.4 Å². The minimum Gasteiger partial charge on any atom is -0.366 e. The van der Waals surface area contributed by atoms with Crippen molar-refractivity contribution in [1.29, 1.82) is 0 Å². The predicted molar refractivity (Wildman–Crippen MR) is 130 cm³/mol. The summed E-state index contributed by atoms with van der Waals surface area (Å²) in [6.45, 7) is 0. The second-order valence-electron chi connectivity index (χ2n) is 6.64. The van der Waals surface area contributed by atoms with Gasteiger partial charge in [0.1, 0.15) is 0 Å². The van der Waals surface area contributed by atoms with Crippen molar-refractivity contribution in [2.75, 3.05) is 0 Å². The maximum absolute atomic E-state index is 6.96. The molecule has 0 radical (unpaired) electrons. The van der Waals surface area contributed by atoms with Crippen LogP contribution in [0, 0.1) is 48.4 Å². The van der Waals surface area contributed by atoms with Crippen molar-refractivity contribution in [2.45, 2.75) is 0 Å². The fourth-order valence-electron chi connectivity index (χ4n) is 2.61. The van der Waals surface area contributed by atoms with Crippen LogP contribution in [0.4, 0.5) is 0 Å². The van der Waals surface area contributed by atoms with Gasteiger partial charge in [-0.3, -0.25) is 11.8 Å². The first-order valence-corrected chi connectivity index (χ1v) is 9.96. The van der Waals surface area contributed by atoms with E-state index >= 15 is 0 Å². The van der Waals surface area contributed by atoms with Crippen molar-refractivity contribution in [2.24, 2.45) is 0 Å². The van der Waals surface area contributed by atoms with Gasteiger partial charge in [-0.2, -0.15) is 0 Å². The van der Waals surface area contributed by atoms with Crippen molar-refractivity contribution >= 4 is 0 Å². The van der Waals surface area contributed by atoms with Crippen LogP contribution in [0.25, 0.3) is 0 Å². The van der Waals surface area contributed by atoms with Gasteiger partial charge in [-0.1, -0.05) is 84.3 Å². The van der Waals surface area contributed by atoms with E-state index in [0.29, 0.717) is 0 Å². The van der Waals surface area contributed by atoms with Gasteiger partial charge in [-0.05, 0) is 24.3 Å². The Labute approximate surface area is 211 Å². The number of rotatable bonds is 0. The third kappa shape index (κ3) is 8.83. The maximum Gasteiger partial charge on any atom is 2.00 e. The first-order valence-electron chi connectivity index (χ1n) is 9.96. The van der Waals surface area contributed by atoms with Gasteiger partial charge in [0.05, 0.1) is 0 Å². The second kappa shape index (κ2) is 14.0. The molecule has 4 aromatic rings. The van der Waals surface area contributed by atoms with E-state index in [4.69, 9.17) is 12.8 Å². The molecule has 0 atom stereocenters. The molecule has 0 saturated heterocycles. The van der Waals surface area contributed by atoms with E-state index in [0.717, 1.165) is 33.4 Å². The third-order valence-corrected chi connectivity index (χ3v) is 4.31. The first kappa shape index (κ1) is 25.1. The fraction of sp³-hybridized carbons (Fsp3) is 0. The second-order valence-corrected chi connectivity index (χ2v) is 6.64. The number of hydrogen-bond acceptors (Lipinski definition) is 0. The largest absolute Gasteiger partial charge is 2.00 e. The predicted octanol–water partition coefficient (Wildman–Crippen LogP) is 6.05. The summed E-state index contributed by atoms with van der Waals surface area (Å²) in [6, 6.07) is 34.7. The van der Waals surface area contributed by atoms with Gasteiger partial charge in [-0.25, -0.2) is 0 Å². The number of hydrogen-bond donors (Lipinski definition) is 0. The zero-order chi connectivity index (χ0) is 22.4. The van der Waals surface area contributed by atoms with Gasteiger partial charge in [0, 0.05) is 22.3 Å². The van der Waals surface area contributed by atoms with Crippen molar-refractivity contribution in [1.82, 2.24) is 0 Å². The van der Waals surface area contributed by atoms with Gasteiger partial charge in [0.25, 0.3) is 0 Å². The van der Waals surface area contributed by atoms with Crippen molar-refractivity contribution in [3.63, 3.8) is 0 Å². The first-order chi connectivity index (χ1) is 15.8. The normalized spacial score (nSPS) is 8.42. The molecule has 0 unspecified atom stereocenters. The van der Waals surface area contributed by atoms with Crippen LogP contribution in [0.2, 0.25) is 0 Å². The van der Waals surface area contributed by atoms with Gasteiger partial charge >= 0.3 is 21.1 Å². The summed E-state index contributed by atoms with van der Waals surface area (Å²) >= 11 is 0. The molecule has 156 valence electrons. The molecule has 1 heteroatoms. The van der Waals surface area contributed by atoms with E-state index in [1.807, 2.05) is 109 Å². The van der Waals surface area contributed by atoms with Crippen LogP contribution < -0.4 is 0 Å². The summed E-state index contributed by atoms with van der Waals surface area (Å²) in [4.78, 5) is 0. The molecule has 0 heterocycles. The number of benzene rings is 4. The fourth-order valence-corrected chi connectivity index (χ4v) is 2.61. The van der Waals surface area contributed by atoms with Gasteiger partial charge in [0.15, 0.2) is 0 Å². The Morgan fingerprint density at radius 1 is 0.333 bits per heavy atom. The summed E-state index contributed by atoms with van der Waals surface area (Å²) < 4.78 is 0. The van der Waals surface area contributed by atoms with E-state index in [-0.39, 0.29) is 21.1 Å². The molecule has 0 bridgehead atoms. The average Bonchev–Trinajstić information content (AvgIpc) is 2.88. The molecule has 4 rings (SSSR count). The molecule has 0 aliphatic rings. The third-order valence-electron chi connectivity index (χ3n) is 4.31. The molecule has 4 aromatic carbocycles. The van der Waals surface area contributed by atoms with E-state index in [2.05, 4.69) is 35.5 Å². The summed E-state index contributed by atoms with van der Waals surface area (Å²) in [5, 5.41) is 0. The van der Waals surface area contributed by atoms with E-state index in [9.17, 15) is 0 Å². The molecule has 0 spiro atoms. The molecular weight excluding hydrogens is 579 g/mol. The molecule has 0 aliphatic carbocycles. The molecule has 0 saturated carbocycles. The van der Waals surface area contributed by atoms with Crippen LogP contribution in [-0.2, 0) is 21.1 Å². The van der Waals surface area contributed by atoms with E-state index in [1.165, 1.54) is 0 Å². The van der Waals surface area contributed by atoms with Crippen LogP contribution in [0.3, 0.4) is 0 Å². The molecule has 0 N–H and O–H groups in total. The Bertz CT molecular complexity index is 1230. The Hall–Kier alpha value is -4.19. The molecular formula is C32H18Pt. The summed E-state index contributed by atoms with van der Waals surface area (Å²) in [5.74, 6) is 17.0. The van der Waals surface area contributed by atoms with Crippen molar-refractivity contribution < 1.29 is 21.1 Å². The zero-order valence-corrected chi connectivity index (χ0v) is 20.0. The van der Waals surface area contributed by atoms with Crippen LogP contribution >= 0.6 is 0 Å². The molecule has 0 amide bonds. The molecule has 0 aromatic heterocycles. The standard InChI is InChI=1S/2C16H9.Pt/c2*1-2-14-8-10-16(11-9-14)13-12-15-6-4-3-5-7-15;/h2*3-11H;/q2*-1;+2. The summed E-state index contributed by atoms with van der Waals surface area (Å²) in [7, 11) is 0. The quantitative estimate of drug-likeness (QED) is 0.171. The Kier molecular flexibility index (Phi) is 10.6. The smallest absolute Gasteiger partial charge is 0.366 e. The minimum atomic E-state index is 0. The summed E-state index contributed by atoms with van der Waals surface area (Å²) in [5.41, 5.74) is 5.44. The summed E-state index contributed by atoms with van der Waals surface area (Å²) in [6.07, 6.45) is 13.9. The van der Waals surface area contributed by atoms with E-state index in [1.54, 1.807) is 0 Å². The van der Waals surface area contributed by atoms with E-state index < -0.39 is 0 Å². The topological polar surface area (TPSA) is 0 Å². The van der Waals surface area contributed by atoms with Crippen LogP contribution in [-0.4, -0.2) is 0 Å². The molecule has 33 heavy (non-hydrogen) atoms. The van der Waals surface area contributed by atoms with Crippen molar-refractivity contribution in [3.05, 3.63) is 155 Å². The minimum absolute atomic E-state index is 0. The molecule has 0 aliphatic heterocycles. The van der Waals surface area contributed by atoms with Gasteiger partial charge in [-0.15, -0.1) is 35.4 Å².